The smallest absolute Gasteiger partial charge is 0.267 e. The number of aryl methyl sites for hydroxylation is 1. The van der Waals surface area contributed by atoms with Crippen LogP contribution in [0.4, 0.5) is 5.69 Å². The number of carbonyl (C=O) groups is 2. The Morgan fingerprint density at radius 1 is 1.30 bits per heavy atom. The highest BCUT2D eigenvalue weighted by Crippen LogP contribution is 2.26. The number of hydrogen-bond acceptors (Lipinski definition) is 4. The minimum absolute atomic E-state index is 0.224. The van der Waals surface area contributed by atoms with E-state index in [0.717, 1.165) is 0 Å². The number of halogens is 1. The van der Waals surface area contributed by atoms with Gasteiger partial charge in [0.2, 0.25) is 0 Å². The summed E-state index contributed by atoms with van der Waals surface area (Å²) >= 11 is 7.24. The molecular formula is C13H12ClN3O2S. The fraction of sp³-hybridized carbons (Fsp3) is 0.0769. The van der Waals surface area contributed by atoms with Gasteiger partial charge in [-0.2, -0.15) is 0 Å². The second kappa shape index (κ2) is 6.04. The standard InChI is InChI=1S/C13H12ClN3O2S/c1-7-5-8(14)6-9(12(18)17-15)11(7)16-13(19)10-3-2-4-20-10/h2-6H,15H2,1H3,(H,16,19)(H,17,18). The minimum atomic E-state index is -0.517. The summed E-state index contributed by atoms with van der Waals surface area (Å²) in [6, 6.07) is 6.61. The van der Waals surface area contributed by atoms with E-state index in [-0.39, 0.29) is 11.5 Å². The van der Waals surface area contributed by atoms with Crippen LogP contribution in [0.15, 0.2) is 29.6 Å². The molecule has 4 N–H and O–H groups in total. The Morgan fingerprint density at radius 2 is 2.05 bits per heavy atom. The van der Waals surface area contributed by atoms with E-state index in [0.29, 0.717) is 21.2 Å². The third kappa shape index (κ3) is 2.98. The zero-order valence-electron chi connectivity index (χ0n) is 10.6. The average molecular weight is 310 g/mol. The number of rotatable bonds is 3. The summed E-state index contributed by atoms with van der Waals surface area (Å²) in [7, 11) is 0. The van der Waals surface area contributed by atoms with Crippen LogP contribution < -0.4 is 16.6 Å². The van der Waals surface area contributed by atoms with E-state index in [1.165, 1.54) is 17.4 Å². The second-order valence-corrected chi connectivity index (χ2v) is 5.43. The molecule has 2 aromatic rings. The summed E-state index contributed by atoms with van der Waals surface area (Å²) < 4.78 is 0. The van der Waals surface area contributed by atoms with Crippen molar-refractivity contribution in [3.8, 4) is 0 Å². The van der Waals surface area contributed by atoms with Crippen molar-refractivity contribution in [3.63, 3.8) is 0 Å². The van der Waals surface area contributed by atoms with Gasteiger partial charge in [-0.15, -0.1) is 11.3 Å². The van der Waals surface area contributed by atoms with Crippen molar-refractivity contribution in [1.29, 1.82) is 0 Å². The molecule has 0 aliphatic rings. The molecule has 0 radical (unpaired) electrons. The van der Waals surface area contributed by atoms with Gasteiger partial charge in [0, 0.05) is 5.02 Å². The minimum Gasteiger partial charge on any atom is -0.320 e. The molecular weight excluding hydrogens is 298 g/mol. The fourth-order valence-electron chi connectivity index (χ4n) is 1.75. The molecule has 2 rings (SSSR count). The zero-order valence-corrected chi connectivity index (χ0v) is 12.1. The summed E-state index contributed by atoms with van der Waals surface area (Å²) in [6.45, 7) is 1.75. The monoisotopic (exact) mass is 309 g/mol. The van der Waals surface area contributed by atoms with Crippen LogP contribution in [0.1, 0.15) is 25.6 Å². The van der Waals surface area contributed by atoms with E-state index in [1.54, 1.807) is 30.5 Å². The molecule has 1 aromatic carbocycles. The maximum absolute atomic E-state index is 12.1. The number of nitrogens with two attached hydrogens (primary N) is 1. The van der Waals surface area contributed by atoms with Crippen LogP contribution in [0.25, 0.3) is 0 Å². The molecule has 0 aliphatic carbocycles. The Hall–Kier alpha value is -1.89. The summed E-state index contributed by atoms with van der Waals surface area (Å²) in [4.78, 5) is 24.4. The molecule has 1 heterocycles. The Morgan fingerprint density at radius 3 is 2.65 bits per heavy atom. The van der Waals surface area contributed by atoms with Crippen molar-refractivity contribution >= 4 is 40.4 Å². The van der Waals surface area contributed by atoms with Crippen LogP contribution in [0.3, 0.4) is 0 Å². The van der Waals surface area contributed by atoms with Crippen LogP contribution in [-0.2, 0) is 0 Å². The van der Waals surface area contributed by atoms with Gasteiger partial charge in [0.15, 0.2) is 0 Å². The van der Waals surface area contributed by atoms with Gasteiger partial charge in [0.25, 0.3) is 11.8 Å². The number of anilines is 1. The number of benzene rings is 1. The first-order chi connectivity index (χ1) is 9.52. The molecule has 20 heavy (non-hydrogen) atoms. The molecule has 0 unspecified atom stereocenters. The molecule has 0 bridgehead atoms. The molecule has 7 heteroatoms. The van der Waals surface area contributed by atoms with Gasteiger partial charge < -0.3 is 5.32 Å². The number of thiophene rings is 1. The molecule has 104 valence electrons. The van der Waals surface area contributed by atoms with Gasteiger partial charge in [-0.1, -0.05) is 17.7 Å². The van der Waals surface area contributed by atoms with E-state index < -0.39 is 5.91 Å². The molecule has 0 fully saturated rings. The average Bonchev–Trinajstić information content (AvgIpc) is 2.94. The Balaban J connectivity index is 2.40. The Labute approximate surface area is 124 Å². The lowest BCUT2D eigenvalue weighted by molar-refractivity contribution is 0.0954. The highest BCUT2D eigenvalue weighted by atomic mass is 35.5. The number of nitrogens with one attached hydrogen (secondary N) is 2. The van der Waals surface area contributed by atoms with Crippen molar-refractivity contribution in [2.24, 2.45) is 5.84 Å². The number of nitrogen functional groups attached to an aromatic ring is 1. The largest absolute Gasteiger partial charge is 0.320 e. The third-order valence-electron chi connectivity index (χ3n) is 2.66. The predicted octanol–water partition coefficient (Wildman–Crippen LogP) is 2.57. The second-order valence-electron chi connectivity index (χ2n) is 4.05. The molecule has 0 spiro atoms. The molecule has 0 aliphatic heterocycles. The van der Waals surface area contributed by atoms with Crippen molar-refractivity contribution in [3.05, 3.63) is 50.7 Å². The van der Waals surface area contributed by atoms with E-state index in [4.69, 9.17) is 17.4 Å². The van der Waals surface area contributed by atoms with Gasteiger partial charge in [0.05, 0.1) is 16.1 Å². The Kier molecular flexibility index (Phi) is 4.39. The molecule has 0 atom stereocenters. The summed E-state index contributed by atoms with van der Waals surface area (Å²) in [6.07, 6.45) is 0. The van der Waals surface area contributed by atoms with Crippen LogP contribution in [0.2, 0.25) is 5.02 Å². The number of amides is 2. The van der Waals surface area contributed by atoms with Crippen LogP contribution in [0, 0.1) is 6.92 Å². The molecule has 0 saturated heterocycles. The van der Waals surface area contributed by atoms with Gasteiger partial charge in [0.1, 0.15) is 0 Å². The van der Waals surface area contributed by atoms with Crippen molar-refractivity contribution < 1.29 is 9.59 Å². The first-order valence-corrected chi connectivity index (χ1v) is 6.94. The van der Waals surface area contributed by atoms with Crippen molar-refractivity contribution in [2.45, 2.75) is 6.92 Å². The van der Waals surface area contributed by atoms with Crippen molar-refractivity contribution in [1.82, 2.24) is 5.43 Å². The first kappa shape index (κ1) is 14.5. The number of hydrazine groups is 1. The molecule has 0 saturated carbocycles. The molecule has 1 aromatic heterocycles. The summed E-state index contributed by atoms with van der Waals surface area (Å²) in [5.41, 5.74) is 3.34. The van der Waals surface area contributed by atoms with E-state index in [2.05, 4.69) is 5.32 Å². The van der Waals surface area contributed by atoms with E-state index >= 15 is 0 Å². The maximum Gasteiger partial charge on any atom is 0.267 e. The zero-order chi connectivity index (χ0) is 14.7. The van der Waals surface area contributed by atoms with E-state index in [9.17, 15) is 9.59 Å². The first-order valence-electron chi connectivity index (χ1n) is 5.69. The van der Waals surface area contributed by atoms with Crippen LogP contribution >= 0.6 is 22.9 Å². The van der Waals surface area contributed by atoms with Gasteiger partial charge in [-0.05, 0) is 36.1 Å². The van der Waals surface area contributed by atoms with Gasteiger partial charge >= 0.3 is 0 Å². The van der Waals surface area contributed by atoms with E-state index in [1.807, 2.05) is 5.43 Å². The lowest BCUT2D eigenvalue weighted by Crippen LogP contribution is -2.31. The quantitative estimate of drug-likeness (QED) is 0.463. The lowest BCUT2D eigenvalue weighted by atomic mass is 10.1. The maximum atomic E-state index is 12.1. The third-order valence-corrected chi connectivity index (χ3v) is 3.75. The highest BCUT2D eigenvalue weighted by molar-refractivity contribution is 7.12. The highest BCUT2D eigenvalue weighted by Gasteiger charge is 2.17. The molecule has 2 amide bonds. The van der Waals surface area contributed by atoms with Gasteiger partial charge in [-0.25, -0.2) is 5.84 Å². The normalized spacial score (nSPS) is 10.2. The topological polar surface area (TPSA) is 84.2 Å². The Bertz CT molecular complexity index is 656. The fourth-order valence-corrected chi connectivity index (χ4v) is 2.64. The van der Waals surface area contributed by atoms with Crippen LogP contribution in [-0.4, -0.2) is 11.8 Å². The van der Waals surface area contributed by atoms with Gasteiger partial charge in [-0.3, -0.25) is 15.0 Å². The summed E-state index contributed by atoms with van der Waals surface area (Å²) in [5.74, 6) is 4.35. The van der Waals surface area contributed by atoms with Crippen LogP contribution in [0.5, 0.6) is 0 Å². The number of hydrogen-bond donors (Lipinski definition) is 3. The lowest BCUT2D eigenvalue weighted by Gasteiger charge is -2.13. The number of carbonyl (C=O) groups excluding carboxylic acids is 2. The summed E-state index contributed by atoms with van der Waals surface area (Å²) in [5, 5.41) is 4.92. The SMILES string of the molecule is Cc1cc(Cl)cc(C(=O)NN)c1NC(=O)c1cccs1. The van der Waals surface area contributed by atoms with Crippen molar-refractivity contribution in [2.75, 3.05) is 5.32 Å². The molecule has 5 nitrogen and oxygen atoms in total. The predicted molar refractivity (Wildman–Crippen MR) is 80.1 cm³/mol.